The quantitative estimate of drug-likeness (QED) is 0.768. The number of piperidine rings is 1. The summed E-state index contributed by atoms with van der Waals surface area (Å²) in [5, 5.41) is 10.7. The van der Waals surface area contributed by atoms with E-state index in [2.05, 4.69) is 31.2 Å². The molecule has 0 atom stereocenters. The molecule has 1 aromatic rings. The lowest BCUT2D eigenvalue weighted by atomic mass is 9.97. The van der Waals surface area contributed by atoms with Gasteiger partial charge in [0.05, 0.1) is 13.1 Å². The molecule has 17 heavy (non-hydrogen) atoms. The van der Waals surface area contributed by atoms with Crippen molar-refractivity contribution in [2.45, 2.75) is 26.3 Å². The van der Waals surface area contributed by atoms with Gasteiger partial charge in [-0.2, -0.15) is 0 Å². The monoisotopic (exact) mass is 233 g/mol. The molecule has 0 radical (unpaired) electrons. The lowest BCUT2D eigenvalue weighted by Gasteiger charge is -2.29. The summed E-state index contributed by atoms with van der Waals surface area (Å²) in [4.78, 5) is 12.2. The Hall–Kier alpha value is -1.35. The second-order valence-electron chi connectivity index (χ2n) is 5.01. The standard InChI is InChI=1S/C14H19NO2/c1-11-2-4-12(5-3-11)10-15-8-6-13(7-9-15)14(16)17/h2-5,13H,6-10H2,1H3,(H,16,17). The largest absolute Gasteiger partial charge is 0.550 e. The fraction of sp³-hybridized carbons (Fsp3) is 0.500. The molecule has 0 aromatic heterocycles. The van der Waals surface area contributed by atoms with Gasteiger partial charge in [0.2, 0.25) is 0 Å². The van der Waals surface area contributed by atoms with Crippen molar-refractivity contribution in [3.63, 3.8) is 0 Å². The summed E-state index contributed by atoms with van der Waals surface area (Å²) < 4.78 is 0. The molecule has 1 N–H and O–H groups in total. The third kappa shape index (κ3) is 3.30. The summed E-state index contributed by atoms with van der Waals surface area (Å²) in [5.74, 6) is -1.10. The summed E-state index contributed by atoms with van der Waals surface area (Å²) in [6, 6.07) is 8.58. The Balaban J connectivity index is 1.85. The topological polar surface area (TPSA) is 44.6 Å². The van der Waals surface area contributed by atoms with Crippen molar-refractivity contribution in [2.75, 3.05) is 13.1 Å². The van der Waals surface area contributed by atoms with E-state index in [9.17, 15) is 9.90 Å². The first-order valence-corrected chi connectivity index (χ1v) is 6.25. The maximum absolute atomic E-state index is 10.7. The van der Waals surface area contributed by atoms with E-state index in [-0.39, 0.29) is 5.92 Å². The average Bonchev–Trinajstić information content (AvgIpc) is 2.33. The van der Waals surface area contributed by atoms with Gasteiger partial charge in [0.15, 0.2) is 0 Å². The van der Waals surface area contributed by atoms with Crippen molar-refractivity contribution in [1.82, 2.24) is 0 Å². The van der Waals surface area contributed by atoms with E-state index in [1.165, 1.54) is 16.0 Å². The molecular weight excluding hydrogens is 214 g/mol. The SMILES string of the molecule is Cc1ccc(C[NH+]2CCC(C(=O)[O-])CC2)cc1. The van der Waals surface area contributed by atoms with Gasteiger partial charge < -0.3 is 14.8 Å². The summed E-state index contributed by atoms with van der Waals surface area (Å²) >= 11 is 0. The average molecular weight is 233 g/mol. The highest BCUT2D eigenvalue weighted by atomic mass is 16.4. The minimum absolute atomic E-state index is 0.225. The molecule has 3 heteroatoms. The Labute approximate surface area is 102 Å². The molecule has 0 amide bonds. The molecule has 0 saturated carbocycles. The number of carbonyl (C=O) groups excluding carboxylic acids is 1. The van der Waals surface area contributed by atoms with Crippen molar-refractivity contribution < 1.29 is 14.8 Å². The lowest BCUT2D eigenvalue weighted by Crippen LogP contribution is -3.11. The Morgan fingerprint density at radius 1 is 1.29 bits per heavy atom. The fourth-order valence-electron chi connectivity index (χ4n) is 2.43. The van der Waals surface area contributed by atoms with Gasteiger partial charge in [0.25, 0.3) is 0 Å². The molecule has 1 aliphatic rings. The molecule has 0 spiro atoms. The van der Waals surface area contributed by atoms with Gasteiger partial charge in [0, 0.05) is 30.3 Å². The fourth-order valence-corrected chi connectivity index (χ4v) is 2.43. The zero-order chi connectivity index (χ0) is 12.3. The third-order valence-corrected chi connectivity index (χ3v) is 3.60. The van der Waals surface area contributed by atoms with Crippen LogP contribution in [0.5, 0.6) is 0 Å². The second kappa shape index (κ2) is 5.32. The number of hydrogen-bond acceptors (Lipinski definition) is 2. The zero-order valence-corrected chi connectivity index (χ0v) is 10.2. The highest BCUT2D eigenvalue weighted by molar-refractivity contribution is 5.67. The molecule has 1 heterocycles. The Morgan fingerprint density at radius 3 is 2.41 bits per heavy atom. The van der Waals surface area contributed by atoms with Crippen molar-refractivity contribution in [3.8, 4) is 0 Å². The molecule has 1 aliphatic heterocycles. The van der Waals surface area contributed by atoms with Crippen LogP contribution in [0.3, 0.4) is 0 Å². The smallest absolute Gasteiger partial charge is 0.103 e. The van der Waals surface area contributed by atoms with E-state index in [1.54, 1.807) is 0 Å². The molecule has 92 valence electrons. The molecule has 1 fully saturated rings. The number of benzene rings is 1. The van der Waals surface area contributed by atoms with Gasteiger partial charge in [-0.15, -0.1) is 0 Å². The predicted molar refractivity (Wildman–Crippen MR) is 63.3 cm³/mol. The number of carboxylic acids is 1. The molecule has 0 bridgehead atoms. The molecule has 1 saturated heterocycles. The number of rotatable bonds is 3. The third-order valence-electron chi connectivity index (χ3n) is 3.60. The van der Waals surface area contributed by atoms with Gasteiger partial charge in [-0.05, 0) is 6.92 Å². The highest BCUT2D eigenvalue weighted by Gasteiger charge is 2.22. The van der Waals surface area contributed by atoms with Crippen LogP contribution in [0.25, 0.3) is 0 Å². The van der Waals surface area contributed by atoms with Gasteiger partial charge in [0.1, 0.15) is 6.54 Å². The summed E-state index contributed by atoms with van der Waals surface area (Å²) in [6.07, 6.45) is 1.51. The zero-order valence-electron chi connectivity index (χ0n) is 10.2. The molecule has 0 unspecified atom stereocenters. The van der Waals surface area contributed by atoms with E-state index in [4.69, 9.17) is 0 Å². The Kier molecular flexibility index (Phi) is 3.79. The van der Waals surface area contributed by atoms with Crippen LogP contribution in [0.2, 0.25) is 0 Å². The maximum atomic E-state index is 10.7. The van der Waals surface area contributed by atoms with E-state index in [0.717, 1.165) is 32.5 Å². The van der Waals surface area contributed by atoms with Gasteiger partial charge in [-0.1, -0.05) is 29.8 Å². The first-order valence-electron chi connectivity index (χ1n) is 6.25. The van der Waals surface area contributed by atoms with Crippen LogP contribution < -0.4 is 10.0 Å². The van der Waals surface area contributed by atoms with Crippen molar-refractivity contribution in [1.29, 1.82) is 0 Å². The first kappa shape index (κ1) is 12.1. The van der Waals surface area contributed by atoms with E-state index < -0.39 is 5.97 Å². The van der Waals surface area contributed by atoms with Gasteiger partial charge in [-0.3, -0.25) is 0 Å². The Morgan fingerprint density at radius 2 is 1.88 bits per heavy atom. The lowest BCUT2D eigenvalue weighted by molar-refractivity contribution is -0.919. The van der Waals surface area contributed by atoms with Crippen LogP contribution in [0.15, 0.2) is 24.3 Å². The number of nitrogens with one attached hydrogen (secondary N) is 1. The number of hydrogen-bond donors (Lipinski definition) is 1. The van der Waals surface area contributed by atoms with E-state index in [1.807, 2.05) is 0 Å². The van der Waals surface area contributed by atoms with Crippen LogP contribution in [-0.4, -0.2) is 19.1 Å². The van der Waals surface area contributed by atoms with Crippen molar-refractivity contribution >= 4 is 5.97 Å². The van der Waals surface area contributed by atoms with Crippen LogP contribution in [0.1, 0.15) is 24.0 Å². The number of aliphatic carboxylic acids is 1. The van der Waals surface area contributed by atoms with Crippen LogP contribution in [0, 0.1) is 12.8 Å². The minimum atomic E-state index is -0.876. The van der Waals surface area contributed by atoms with Crippen LogP contribution >= 0.6 is 0 Å². The Bertz CT molecular complexity index is 378. The number of quaternary nitrogens is 1. The number of likely N-dealkylation sites (tertiary alicyclic amines) is 1. The molecular formula is C14H19NO2. The minimum Gasteiger partial charge on any atom is -0.550 e. The molecule has 0 aliphatic carbocycles. The van der Waals surface area contributed by atoms with Crippen LogP contribution in [0.4, 0.5) is 0 Å². The summed E-state index contributed by atoms with van der Waals surface area (Å²) in [5.41, 5.74) is 2.61. The van der Waals surface area contributed by atoms with E-state index in [0.29, 0.717) is 0 Å². The van der Waals surface area contributed by atoms with Crippen molar-refractivity contribution in [2.24, 2.45) is 5.92 Å². The highest BCUT2D eigenvalue weighted by Crippen LogP contribution is 2.08. The first-order chi connectivity index (χ1) is 8.15. The van der Waals surface area contributed by atoms with Gasteiger partial charge in [-0.25, -0.2) is 0 Å². The van der Waals surface area contributed by atoms with Crippen molar-refractivity contribution in [3.05, 3.63) is 35.4 Å². The normalized spacial score (nSPS) is 24.5. The molecule has 1 aromatic carbocycles. The number of carboxylic acid groups (broad SMARTS) is 1. The van der Waals surface area contributed by atoms with Gasteiger partial charge >= 0.3 is 0 Å². The second-order valence-corrected chi connectivity index (χ2v) is 5.01. The van der Waals surface area contributed by atoms with Crippen LogP contribution in [-0.2, 0) is 11.3 Å². The van der Waals surface area contributed by atoms with E-state index >= 15 is 0 Å². The number of aryl methyl sites for hydroxylation is 1. The number of carbonyl (C=O) groups is 1. The summed E-state index contributed by atoms with van der Waals surface area (Å²) in [7, 11) is 0. The summed E-state index contributed by atoms with van der Waals surface area (Å²) in [6.45, 7) is 4.96. The maximum Gasteiger partial charge on any atom is 0.103 e. The molecule has 3 nitrogen and oxygen atoms in total. The molecule has 2 rings (SSSR count). The predicted octanol–water partition coefficient (Wildman–Crippen LogP) is -0.460.